The Labute approximate surface area is 268 Å². The molecule has 2 unspecified atom stereocenters. The van der Waals surface area contributed by atoms with Crippen molar-refractivity contribution in [3.8, 4) is 0 Å². The molecule has 4 aromatic rings. The van der Waals surface area contributed by atoms with Crippen molar-refractivity contribution >= 4 is 43.2 Å². The molecule has 1 fully saturated rings. The van der Waals surface area contributed by atoms with Gasteiger partial charge in [0.1, 0.15) is 0 Å². The number of fused-ring (bicyclic) bond motifs is 6. The van der Waals surface area contributed by atoms with Crippen LogP contribution < -0.4 is 0 Å². The Morgan fingerprint density at radius 1 is 0.690 bits per heavy atom. The van der Waals surface area contributed by atoms with Crippen LogP contribution in [0.15, 0.2) is 83.9 Å². The second kappa shape index (κ2) is 13.3. The van der Waals surface area contributed by atoms with Crippen molar-refractivity contribution in [1.29, 1.82) is 0 Å². The van der Waals surface area contributed by atoms with Crippen LogP contribution in [0.1, 0.15) is 100 Å². The van der Waals surface area contributed by atoms with Crippen molar-refractivity contribution in [2.75, 3.05) is 0 Å². The third kappa shape index (κ3) is 5.52. The number of allylic oxidation sites excluding steroid dienone is 2. The van der Waals surface area contributed by atoms with E-state index in [0.717, 1.165) is 0 Å². The van der Waals surface area contributed by atoms with Crippen LogP contribution in [0.2, 0.25) is 19.3 Å². The fraction of sp³-hybridized carbons (Fsp3) is 0.400. The summed E-state index contributed by atoms with van der Waals surface area (Å²) in [5.41, 5.74) is 9.38. The average molecular weight is 648 g/mol. The normalized spacial score (nSPS) is 20.4. The first kappa shape index (κ1) is 30.0. The summed E-state index contributed by atoms with van der Waals surface area (Å²) in [6.07, 6.45) is 13.5. The van der Waals surface area contributed by atoms with Crippen LogP contribution in [-0.4, -0.2) is 9.52 Å². The molecule has 1 heterocycles. The SMILES string of the molecule is C1CC[SiH2]C1.CCC[CH2][Zr][C](CCC)(C1C(C)=Cc2c1ccc1ccccc21)C1C(C)=Cc2c1ccc1ccccc21. The number of unbranched alkanes of at least 4 members (excludes halogenated alkanes) is 1. The minimum absolute atomic E-state index is 0.343. The van der Waals surface area contributed by atoms with E-state index in [2.05, 4.69) is 113 Å². The van der Waals surface area contributed by atoms with Crippen molar-refractivity contribution in [1.82, 2.24) is 0 Å². The fourth-order valence-electron chi connectivity index (χ4n) is 8.47. The molecule has 0 saturated carbocycles. The molecule has 216 valence electrons. The third-order valence-corrected chi connectivity index (χ3v) is 17.3. The summed E-state index contributed by atoms with van der Waals surface area (Å²) in [5.74, 6) is 1.06. The topological polar surface area (TPSA) is 0 Å². The molecule has 0 N–H and O–H groups in total. The van der Waals surface area contributed by atoms with E-state index in [1.807, 2.05) is 0 Å². The molecule has 1 aliphatic heterocycles. The molecule has 2 atom stereocenters. The number of rotatable bonds is 8. The Bertz CT molecular complexity index is 1510. The summed E-state index contributed by atoms with van der Waals surface area (Å²) < 4.78 is 1.81. The Kier molecular flexibility index (Phi) is 9.52. The van der Waals surface area contributed by atoms with Gasteiger partial charge in [-0.2, -0.15) is 0 Å². The van der Waals surface area contributed by atoms with Crippen LogP contribution in [0, 0.1) is 0 Å². The van der Waals surface area contributed by atoms with Gasteiger partial charge in [-0.1, -0.05) is 24.9 Å². The van der Waals surface area contributed by atoms with Gasteiger partial charge < -0.3 is 0 Å². The molecule has 7 rings (SSSR count). The molecule has 0 amide bonds. The van der Waals surface area contributed by atoms with E-state index in [4.69, 9.17) is 0 Å². The summed E-state index contributed by atoms with van der Waals surface area (Å²) >= 11 is -0.763. The third-order valence-electron chi connectivity index (χ3n) is 10.2. The second-order valence-electron chi connectivity index (χ2n) is 13.1. The van der Waals surface area contributed by atoms with Gasteiger partial charge in [-0.3, -0.25) is 0 Å². The van der Waals surface area contributed by atoms with Crippen LogP contribution in [0.4, 0.5) is 0 Å². The molecule has 2 aliphatic carbocycles. The Hall–Kier alpha value is -2.02. The van der Waals surface area contributed by atoms with Gasteiger partial charge in [0.25, 0.3) is 0 Å². The molecule has 0 bridgehead atoms. The molecule has 1 saturated heterocycles. The monoisotopic (exact) mass is 646 g/mol. The van der Waals surface area contributed by atoms with Crippen LogP contribution in [0.5, 0.6) is 0 Å². The first-order valence-electron chi connectivity index (χ1n) is 16.7. The van der Waals surface area contributed by atoms with E-state index < -0.39 is 23.2 Å². The minimum atomic E-state index is -0.763. The Morgan fingerprint density at radius 2 is 1.21 bits per heavy atom. The number of hydrogen-bond donors (Lipinski definition) is 0. The first-order valence-corrected chi connectivity index (χ1v) is 21.7. The van der Waals surface area contributed by atoms with E-state index in [1.165, 1.54) is 62.5 Å². The molecule has 4 aromatic carbocycles. The maximum absolute atomic E-state index is 2.56. The van der Waals surface area contributed by atoms with Gasteiger partial charge in [0.05, 0.1) is 0 Å². The molecular weight excluding hydrogens is 600 g/mol. The second-order valence-corrected chi connectivity index (χ2v) is 19.6. The van der Waals surface area contributed by atoms with Crippen molar-refractivity contribution in [2.24, 2.45) is 0 Å². The van der Waals surface area contributed by atoms with Crippen LogP contribution in [0.3, 0.4) is 0 Å². The van der Waals surface area contributed by atoms with Gasteiger partial charge in [0.15, 0.2) is 0 Å². The Morgan fingerprint density at radius 3 is 1.67 bits per heavy atom. The van der Waals surface area contributed by atoms with E-state index in [9.17, 15) is 0 Å². The van der Waals surface area contributed by atoms with E-state index in [-0.39, 0.29) is 0 Å². The quantitative estimate of drug-likeness (QED) is 0.132. The molecule has 3 aliphatic rings. The van der Waals surface area contributed by atoms with Crippen molar-refractivity contribution < 1.29 is 23.2 Å². The average Bonchev–Trinajstić information content (AvgIpc) is 3.77. The summed E-state index contributed by atoms with van der Waals surface area (Å²) in [5, 5.41) is 5.59. The first-order chi connectivity index (χ1) is 20.6. The standard InChI is InChI=1S/C32H29.C4H10Si.C4H9.Zr/c1-4-9-28(31-20(2)18-29-24-12-7-5-10-22(24)14-16-26(29)31)32-21(3)19-30-25-13-8-6-11-23(25)15-17-27(30)32;1-2-4-5-3-1;1-3-4-2;/h5-8,10-19,31-32H,4,9H2,1-3H3;1-5H2;1,3-4H2,2H3;. The zero-order valence-electron chi connectivity index (χ0n) is 26.3. The fourth-order valence-corrected chi connectivity index (χ4v) is 16.6. The van der Waals surface area contributed by atoms with Crippen LogP contribution in [-0.2, 0) is 23.2 Å². The van der Waals surface area contributed by atoms with E-state index in [0.29, 0.717) is 24.5 Å². The predicted octanol–water partition coefficient (Wildman–Crippen LogP) is 11.7. The predicted molar refractivity (Wildman–Crippen MR) is 185 cm³/mol. The molecule has 0 radical (unpaired) electrons. The molecule has 42 heavy (non-hydrogen) atoms. The van der Waals surface area contributed by atoms with E-state index in [1.54, 1.807) is 47.2 Å². The van der Waals surface area contributed by atoms with Crippen molar-refractivity contribution in [2.45, 2.75) is 97.4 Å². The number of hydrogen-bond acceptors (Lipinski definition) is 0. The van der Waals surface area contributed by atoms with Gasteiger partial charge in [0.2, 0.25) is 0 Å². The van der Waals surface area contributed by atoms with E-state index >= 15 is 0 Å². The van der Waals surface area contributed by atoms with Crippen LogP contribution >= 0.6 is 0 Å². The molecule has 2 heteroatoms. The van der Waals surface area contributed by atoms with Crippen LogP contribution in [0.25, 0.3) is 33.7 Å². The molecule has 0 aromatic heterocycles. The molecule has 0 spiro atoms. The van der Waals surface area contributed by atoms with Gasteiger partial charge in [0, 0.05) is 9.52 Å². The molecule has 0 nitrogen and oxygen atoms in total. The zero-order valence-corrected chi connectivity index (χ0v) is 30.2. The summed E-state index contributed by atoms with van der Waals surface area (Å²) in [4.78, 5) is 0. The molecular formula is C40H48SiZr. The number of benzene rings is 4. The van der Waals surface area contributed by atoms with Gasteiger partial charge >= 0.3 is 236 Å². The van der Waals surface area contributed by atoms with Gasteiger partial charge in [-0.25, -0.2) is 0 Å². The van der Waals surface area contributed by atoms with Crippen molar-refractivity contribution in [3.63, 3.8) is 0 Å². The summed E-state index contributed by atoms with van der Waals surface area (Å²) in [6.45, 7) is 9.68. The van der Waals surface area contributed by atoms with Crippen molar-refractivity contribution in [3.05, 3.63) is 106 Å². The Balaban J connectivity index is 0.000000573. The van der Waals surface area contributed by atoms with Gasteiger partial charge in [-0.05, 0) is 0 Å². The summed E-state index contributed by atoms with van der Waals surface area (Å²) in [7, 11) is 0.543. The zero-order chi connectivity index (χ0) is 29.1. The summed E-state index contributed by atoms with van der Waals surface area (Å²) in [6, 6.07) is 31.0. The van der Waals surface area contributed by atoms with Gasteiger partial charge in [-0.15, -0.1) is 0 Å². The maximum atomic E-state index is 2.56.